The number of halogens is 3. The van der Waals surface area contributed by atoms with Gasteiger partial charge in [-0.05, 0) is 51.1 Å². The molecule has 1 aliphatic heterocycles. The molecule has 1 aliphatic rings. The van der Waals surface area contributed by atoms with Gasteiger partial charge in [0.05, 0.1) is 22.0 Å². The molecule has 1 amide bonds. The second kappa shape index (κ2) is 8.71. The number of benzene rings is 1. The highest BCUT2D eigenvalue weighted by Gasteiger charge is 2.35. The summed E-state index contributed by atoms with van der Waals surface area (Å²) in [7, 11) is 3.35. The van der Waals surface area contributed by atoms with Crippen LogP contribution in [0.25, 0.3) is 0 Å². The molecular formula is C20H25F3N4OS. The zero-order chi connectivity index (χ0) is 21.2. The Balaban J connectivity index is 1.62. The van der Waals surface area contributed by atoms with E-state index in [4.69, 9.17) is 0 Å². The molecule has 0 unspecified atom stereocenters. The van der Waals surface area contributed by atoms with Gasteiger partial charge in [0.1, 0.15) is 0 Å². The van der Waals surface area contributed by atoms with Crippen LogP contribution in [-0.2, 0) is 17.5 Å². The van der Waals surface area contributed by atoms with Crippen LogP contribution in [0.4, 0.5) is 24.5 Å². The average Bonchev–Trinajstić information content (AvgIpc) is 3.06. The number of amides is 1. The first-order valence-corrected chi connectivity index (χ1v) is 10.3. The van der Waals surface area contributed by atoms with Crippen LogP contribution in [0.1, 0.15) is 29.1 Å². The third-order valence-corrected chi connectivity index (χ3v) is 5.92. The van der Waals surface area contributed by atoms with E-state index in [2.05, 4.69) is 15.2 Å². The monoisotopic (exact) mass is 426 g/mol. The van der Waals surface area contributed by atoms with Crippen LogP contribution < -0.4 is 10.2 Å². The van der Waals surface area contributed by atoms with Crippen molar-refractivity contribution in [3.63, 3.8) is 0 Å². The Kier molecular flexibility index (Phi) is 6.48. The van der Waals surface area contributed by atoms with Gasteiger partial charge in [-0.3, -0.25) is 9.69 Å². The molecular weight excluding hydrogens is 401 g/mol. The Hall–Kier alpha value is -2.13. The van der Waals surface area contributed by atoms with Gasteiger partial charge in [0.15, 0.2) is 0 Å². The number of piperidine rings is 1. The lowest BCUT2D eigenvalue weighted by atomic mass is 9.95. The fraction of sp³-hybridized carbons (Fsp3) is 0.500. The molecule has 0 atom stereocenters. The van der Waals surface area contributed by atoms with E-state index in [-0.39, 0.29) is 17.5 Å². The zero-order valence-electron chi connectivity index (χ0n) is 16.7. The topological polar surface area (TPSA) is 48.5 Å². The highest BCUT2D eigenvalue weighted by atomic mass is 32.1. The van der Waals surface area contributed by atoms with E-state index < -0.39 is 11.7 Å². The van der Waals surface area contributed by atoms with Crippen LogP contribution in [0, 0.1) is 12.8 Å². The molecule has 3 rings (SSSR count). The predicted octanol–water partition coefficient (Wildman–Crippen LogP) is 4.39. The lowest BCUT2D eigenvalue weighted by Gasteiger charge is -2.31. The smallest absolute Gasteiger partial charge is 0.378 e. The number of anilines is 2. The van der Waals surface area contributed by atoms with E-state index >= 15 is 0 Å². The van der Waals surface area contributed by atoms with E-state index in [1.54, 1.807) is 36.4 Å². The lowest BCUT2D eigenvalue weighted by molar-refractivity contribution is -0.137. The van der Waals surface area contributed by atoms with Gasteiger partial charge >= 0.3 is 6.18 Å². The van der Waals surface area contributed by atoms with Crippen LogP contribution in [0.15, 0.2) is 23.6 Å². The summed E-state index contributed by atoms with van der Waals surface area (Å²) in [6, 6.07) is 3.97. The number of thiazole rings is 1. The molecule has 1 saturated heterocycles. The van der Waals surface area contributed by atoms with Gasteiger partial charge in [0, 0.05) is 37.6 Å². The minimum atomic E-state index is -4.54. The van der Waals surface area contributed by atoms with Crippen LogP contribution >= 0.6 is 11.3 Å². The first kappa shape index (κ1) is 21.6. The summed E-state index contributed by atoms with van der Waals surface area (Å²) in [5.74, 6) is -0.643. The molecule has 0 bridgehead atoms. The standard InChI is InChI=1S/C20H25F3N4OS/c1-13-24-15(12-29-13)11-27-8-6-14(7-9-27)19(28)25-18-5-4-16(26(2)3)10-17(18)20(21,22)23/h4-5,10,12,14H,6-9,11H2,1-3H3,(H,25,28). The molecule has 1 aromatic heterocycles. The second-order valence-electron chi connectivity index (χ2n) is 7.52. The molecule has 0 spiro atoms. The Bertz CT molecular complexity index is 858. The minimum Gasteiger partial charge on any atom is -0.378 e. The van der Waals surface area contributed by atoms with Crippen LogP contribution in [0.5, 0.6) is 0 Å². The van der Waals surface area contributed by atoms with Crippen molar-refractivity contribution in [3.8, 4) is 0 Å². The maximum atomic E-state index is 13.5. The van der Waals surface area contributed by atoms with Crippen molar-refractivity contribution in [1.82, 2.24) is 9.88 Å². The molecule has 9 heteroatoms. The summed E-state index contributed by atoms with van der Waals surface area (Å²) < 4.78 is 40.4. The number of nitrogens with zero attached hydrogens (tertiary/aromatic N) is 3. The highest BCUT2D eigenvalue weighted by molar-refractivity contribution is 7.09. The summed E-state index contributed by atoms with van der Waals surface area (Å²) in [4.78, 5) is 20.9. The van der Waals surface area contributed by atoms with E-state index in [0.29, 0.717) is 18.5 Å². The fourth-order valence-electron chi connectivity index (χ4n) is 3.45. The van der Waals surface area contributed by atoms with Gasteiger partial charge in [-0.2, -0.15) is 13.2 Å². The normalized spacial score (nSPS) is 16.1. The number of rotatable bonds is 5. The van der Waals surface area contributed by atoms with Crippen molar-refractivity contribution < 1.29 is 18.0 Å². The van der Waals surface area contributed by atoms with Gasteiger partial charge in [0.25, 0.3) is 0 Å². The third-order valence-electron chi connectivity index (χ3n) is 5.09. The molecule has 1 N–H and O–H groups in total. The molecule has 0 aliphatic carbocycles. The summed E-state index contributed by atoms with van der Waals surface area (Å²) in [5, 5.41) is 5.57. The van der Waals surface area contributed by atoms with Crippen molar-refractivity contribution in [3.05, 3.63) is 39.8 Å². The highest BCUT2D eigenvalue weighted by Crippen LogP contribution is 2.37. The average molecular weight is 427 g/mol. The molecule has 0 radical (unpaired) electrons. The maximum absolute atomic E-state index is 13.5. The number of likely N-dealkylation sites (tertiary alicyclic amines) is 1. The summed E-state index contributed by atoms with van der Waals surface area (Å²) in [6.07, 6.45) is -3.30. The number of hydrogen-bond donors (Lipinski definition) is 1. The molecule has 1 fully saturated rings. The predicted molar refractivity (Wildman–Crippen MR) is 109 cm³/mol. The number of carbonyl (C=O) groups is 1. The number of nitrogens with one attached hydrogen (secondary N) is 1. The molecule has 2 heterocycles. The lowest BCUT2D eigenvalue weighted by Crippen LogP contribution is -2.38. The van der Waals surface area contributed by atoms with Crippen molar-refractivity contribution >= 4 is 28.6 Å². The molecule has 158 valence electrons. The van der Waals surface area contributed by atoms with Gasteiger partial charge in [-0.15, -0.1) is 11.3 Å². The van der Waals surface area contributed by atoms with Gasteiger partial charge in [0.2, 0.25) is 5.91 Å². The van der Waals surface area contributed by atoms with E-state index in [1.807, 2.05) is 12.3 Å². The van der Waals surface area contributed by atoms with E-state index in [0.717, 1.165) is 36.4 Å². The Morgan fingerprint density at radius 3 is 2.55 bits per heavy atom. The fourth-order valence-corrected chi connectivity index (χ4v) is 4.06. The first-order chi connectivity index (χ1) is 13.6. The van der Waals surface area contributed by atoms with Gasteiger partial charge in [-0.1, -0.05) is 0 Å². The number of hydrogen-bond acceptors (Lipinski definition) is 5. The van der Waals surface area contributed by atoms with E-state index in [1.165, 1.54) is 6.07 Å². The van der Waals surface area contributed by atoms with Crippen molar-refractivity contribution in [2.75, 3.05) is 37.4 Å². The van der Waals surface area contributed by atoms with Crippen LogP contribution in [-0.4, -0.2) is 43.0 Å². The molecule has 5 nitrogen and oxygen atoms in total. The number of carbonyl (C=O) groups excluding carboxylic acids is 1. The van der Waals surface area contributed by atoms with Crippen molar-refractivity contribution in [1.29, 1.82) is 0 Å². The maximum Gasteiger partial charge on any atom is 0.418 e. The third kappa shape index (κ3) is 5.48. The number of aromatic nitrogens is 1. The SMILES string of the molecule is Cc1nc(CN2CCC(C(=O)Nc3ccc(N(C)C)cc3C(F)(F)F)CC2)cs1. The molecule has 29 heavy (non-hydrogen) atoms. The zero-order valence-corrected chi connectivity index (χ0v) is 17.5. The first-order valence-electron chi connectivity index (χ1n) is 9.46. The second-order valence-corrected chi connectivity index (χ2v) is 8.58. The summed E-state index contributed by atoms with van der Waals surface area (Å²) >= 11 is 1.61. The van der Waals surface area contributed by atoms with Crippen molar-refractivity contribution in [2.24, 2.45) is 5.92 Å². The van der Waals surface area contributed by atoms with Gasteiger partial charge in [-0.25, -0.2) is 4.98 Å². The largest absolute Gasteiger partial charge is 0.418 e. The Morgan fingerprint density at radius 2 is 2.00 bits per heavy atom. The molecule has 1 aromatic carbocycles. The minimum absolute atomic E-state index is 0.187. The number of alkyl halides is 3. The molecule has 0 saturated carbocycles. The number of aryl methyl sites for hydroxylation is 1. The van der Waals surface area contributed by atoms with Crippen molar-refractivity contribution in [2.45, 2.75) is 32.5 Å². The quantitative estimate of drug-likeness (QED) is 0.771. The van der Waals surface area contributed by atoms with Crippen LogP contribution in [0.3, 0.4) is 0 Å². The summed E-state index contributed by atoms with van der Waals surface area (Å²) in [6.45, 7) is 4.15. The van der Waals surface area contributed by atoms with Crippen LogP contribution in [0.2, 0.25) is 0 Å². The van der Waals surface area contributed by atoms with Gasteiger partial charge < -0.3 is 10.2 Å². The Morgan fingerprint density at radius 1 is 1.31 bits per heavy atom. The summed E-state index contributed by atoms with van der Waals surface area (Å²) in [5.41, 5.74) is 0.439. The van der Waals surface area contributed by atoms with E-state index in [9.17, 15) is 18.0 Å². The Labute approximate surface area is 172 Å². The molecule has 2 aromatic rings.